The van der Waals surface area contributed by atoms with Gasteiger partial charge in [0.25, 0.3) is 0 Å². The van der Waals surface area contributed by atoms with Crippen molar-refractivity contribution in [2.24, 2.45) is 0 Å². The summed E-state index contributed by atoms with van der Waals surface area (Å²) in [7, 11) is 1.68. The van der Waals surface area contributed by atoms with Crippen molar-refractivity contribution < 1.29 is 18.9 Å². The summed E-state index contributed by atoms with van der Waals surface area (Å²) in [6.45, 7) is 8.27. The van der Waals surface area contributed by atoms with Crippen LogP contribution in [0.1, 0.15) is 37.8 Å². The van der Waals surface area contributed by atoms with Crippen LogP contribution in [0.15, 0.2) is 42.5 Å². The highest BCUT2D eigenvalue weighted by molar-refractivity contribution is 7.80. The smallest absolute Gasteiger partial charge is 0.169 e. The van der Waals surface area contributed by atoms with Crippen LogP contribution in [-0.2, 0) is 17.7 Å². The Morgan fingerprint density at radius 2 is 1.79 bits per heavy atom. The van der Waals surface area contributed by atoms with Gasteiger partial charge < -0.3 is 29.2 Å². The molecule has 1 aliphatic rings. The number of hydrogen-bond donors (Lipinski definition) is 1. The van der Waals surface area contributed by atoms with Gasteiger partial charge in [-0.15, -0.1) is 0 Å². The Morgan fingerprint density at radius 3 is 2.45 bits per heavy atom. The fourth-order valence-corrected chi connectivity index (χ4v) is 4.12. The van der Waals surface area contributed by atoms with E-state index in [1.54, 1.807) is 7.11 Å². The zero-order valence-corrected chi connectivity index (χ0v) is 20.8. The molecule has 0 amide bonds. The van der Waals surface area contributed by atoms with Crippen LogP contribution in [0.3, 0.4) is 0 Å². The number of rotatable bonds is 12. The van der Waals surface area contributed by atoms with Gasteiger partial charge in [0, 0.05) is 26.2 Å². The molecular formula is C26H36N2O4S. The largest absolute Gasteiger partial charge is 0.497 e. The molecule has 1 heterocycles. The van der Waals surface area contributed by atoms with Gasteiger partial charge in [-0.2, -0.15) is 0 Å². The van der Waals surface area contributed by atoms with E-state index in [1.807, 2.05) is 32.0 Å². The van der Waals surface area contributed by atoms with Crippen molar-refractivity contribution in [2.75, 3.05) is 40.0 Å². The number of nitrogens with zero attached hydrogens (tertiary/aromatic N) is 1. The van der Waals surface area contributed by atoms with Crippen molar-refractivity contribution in [3.63, 3.8) is 0 Å². The molecule has 1 saturated heterocycles. The molecule has 0 saturated carbocycles. The van der Waals surface area contributed by atoms with E-state index in [1.165, 1.54) is 11.1 Å². The summed E-state index contributed by atoms with van der Waals surface area (Å²) >= 11 is 5.79. The van der Waals surface area contributed by atoms with Gasteiger partial charge in [0.2, 0.25) is 0 Å². The number of methoxy groups -OCH3 is 1. The van der Waals surface area contributed by atoms with Crippen LogP contribution in [-0.4, -0.2) is 56.1 Å². The molecule has 1 fully saturated rings. The molecule has 180 valence electrons. The normalized spacial score (nSPS) is 15.2. The Labute approximate surface area is 203 Å². The molecule has 33 heavy (non-hydrogen) atoms. The Hall–Kier alpha value is -2.51. The van der Waals surface area contributed by atoms with Gasteiger partial charge in [0.15, 0.2) is 16.6 Å². The lowest BCUT2D eigenvalue weighted by Crippen LogP contribution is -2.43. The molecule has 2 aromatic rings. The number of benzene rings is 2. The maximum Gasteiger partial charge on any atom is 0.169 e. The summed E-state index contributed by atoms with van der Waals surface area (Å²) in [4.78, 5) is 2.21. The summed E-state index contributed by atoms with van der Waals surface area (Å²) < 4.78 is 22.6. The molecule has 2 aromatic carbocycles. The van der Waals surface area contributed by atoms with E-state index >= 15 is 0 Å². The Morgan fingerprint density at radius 1 is 1.06 bits per heavy atom. The van der Waals surface area contributed by atoms with E-state index < -0.39 is 0 Å². The molecule has 7 heteroatoms. The fourth-order valence-electron chi connectivity index (χ4n) is 3.88. The maximum absolute atomic E-state index is 5.87. The van der Waals surface area contributed by atoms with Crippen molar-refractivity contribution >= 4 is 17.3 Å². The van der Waals surface area contributed by atoms with Crippen LogP contribution in [0.25, 0.3) is 0 Å². The third-order valence-corrected chi connectivity index (χ3v) is 5.97. The molecule has 0 radical (unpaired) electrons. The number of hydrogen-bond acceptors (Lipinski definition) is 5. The topological polar surface area (TPSA) is 52.2 Å². The molecule has 6 nitrogen and oxygen atoms in total. The number of ether oxygens (including phenoxy) is 4. The molecule has 0 spiro atoms. The predicted octanol–water partition coefficient (Wildman–Crippen LogP) is 4.59. The summed E-state index contributed by atoms with van der Waals surface area (Å²) in [6.07, 6.45) is 3.25. The molecule has 1 aliphatic heterocycles. The second-order valence-corrected chi connectivity index (χ2v) is 8.38. The first kappa shape index (κ1) is 25.1. The van der Waals surface area contributed by atoms with Crippen LogP contribution in [0.2, 0.25) is 0 Å². The second-order valence-electron chi connectivity index (χ2n) is 7.99. The van der Waals surface area contributed by atoms with Crippen LogP contribution in [0.4, 0.5) is 0 Å². The molecule has 1 atom stereocenters. The number of nitrogens with one attached hydrogen (secondary N) is 1. The lowest BCUT2D eigenvalue weighted by molar-refractivity contribution is 0.0897. The Balaban J connectivity index is 1.59. The second kappa shape index (κ2) is 13.3. The monoisotopic (exact) mass is 472 g/mol. The summed E-state index contributed by atoms with van der Waals surface area (Å²) in [5.74, 6) is 2.43. The summed E-state index contributed by atoms with van der Waals surface area (Å²) in [5, 5.41) is 4.19. The fraction of sp³-hybridized carbons (Fsp3) is 0.500. The van der Waals surface area contributed by atoms with Crippen LogP contribution < -0.4 is 19.5 Å². The van der Waals surface area contributed by atoms with Gasteiger partial charge in [-0.3, -0.25) is 0 Å². The molecule has 3 rings (SSSR count). The van der Waals surface area contributed by atoms with Gasteiger partial charge in [-0.25, -0.2) is 0 Å². The molecule has 1 N–H and O–H groups in total. The number of thiocarbonyl (C=S) groups is 1. The Kier molecular flexibility index (Phi) is 10.1. The lowest BCUT2D eigenvalue weighted by atomic mass is 10.1. The zero-order valence-electron chi connectivity index (χ0n) is 20.0. The minimum absolute atomic E-state index is 0.225. The highest BCUT2D eigenvalue weighted by atomic mass is 32.1. The first-order valence-electron chi connectivity index (χ1n) is 11.8. The molecule has 0 aliphatic carbocycles. The lowest BCUT2D eigenvalue weighted by Gasteiger charge is -2.28. The van der Waals surface area contributed by atoms with E-state index in [0.717, 1.165) is 67.9 Å². The van der Waals surface area contributed by atoms with Crippen LogP contribution >= 0.6 is 12.2 Å². The quantitative estimate of drug-likeness (QED) is 0.454. The van der Waals surface area contributed by atoms with Gasteiger partial charge in [-0.1, -0.05) is 18.2 Å². The van der Waals surface area contributed by atoms with Crippen LogP contribution in [0, 0.1) is 0 Å². The zero-order chi connectivity index (χ0) is 23.5. The van der Waals surface area contributed by atoms with Crippen LogP contribution in [0.5, 0.6) is 17.2 Å². The van der Waals surface area contributed by atoms with Crippen molar-refractivity contribution in [1.29, 1.82) is 0 Å². The Bertz CT molecular complexity index is 869. The van der Waals surface area contributed by atoms with E-state index in [0.29, 0.717) is 13.2 Å². The average molecular weight is 473 g/mol. The standard InChI is InChI=1S/C26H36N2O4S/c1-4-30-24-13-10-20(17-25(24)31-5-2)14-15-27-26(33)28(19-23-7-6-16-32-23)18-21-8-11-22(29-3)12-9-21/h8-13,17,23H,4-7,14-16,18-19H2,1-3H3,(H,27,33)/t23-/m0/s1. The van der Waals surface area contributed by atoms with Crippen molar-refractivity contribution in [3.05, 3.63) is 53.6 Å². The van der Waals surface area contributed by atoms with Gasteiger partial charge in [0.1, 0.15) is 5.75 Å². The third-order valence-electron chi connectivity index (χ3n) is 5.57. The van der Waals surface area contributed by atoms with E-state index in [4.69, 9.17) is 31.2 Å². The first-order valence-corrected chi connectivity index (χ1v) is 12.2. The van der Waals surface area contributed by atoms with Crippen molar-refractivity contribution in [3.8, 4) is 17.2 Å². The van der Waals surface area contributed by atoms with Gasteiger partial charge >= 0.3 is 0 Å². The molecule has 0 bridgehead atoms. The minimum atomic E-state index is 0.225. The van der Waals surface area contributed by atoms with E-state index in [-0.39, 0.29) is 6.10 Å². The highest BCUT2D eigenvalue weighted by Crippen LogP contribution is 2.28. The molecule has 0 aromatic heterocycles. The van der Waals surface area contributed by atoms with Crippen molar-refractivity contribution in [1.82, 2.24) is 10.2 Å². The molecule has 0 unspecified atom stereocenters. The first-order chi connectivity index (χ1) is 16.1. The average Bonchev–Trinajstić information content (AvgIpc) is 3.34. The van der Waals surface area contributed by atoms with E-state index in [9.17, 15) is 0 Å². The maximum atomic E-state index is 5.87. The summed E-state index contributed by atoms with van der Waals surface area (Å²) in [6, 6.07) is 14.3. The van der Waals surface area contributed by atoms with Gasteiger partial charge in [-0.05, 0) is 80.7 Å². The van der Waals surface area contributed by atoms with Gasteiger partial charge in [0.05, 0.1) is 26.4 Å². The predicted molar refractivity (Wildman–Crippen MR) is 135 cm³/mol. The van der Waals surface area contributed by atoms with Crippen molar-refractivity contribution in [2.45, 2.75) is 45.8 Å². The SMILES string of the molecule is CCOc1ccc(CCNC(=S)N(Cc2ccc(OC)cc2)C[C@@H]2CCCO2)cc1OCC. The summed E-state index contributed by atoms with van der Waals surface area (Å²) in [5.41, 5.74) is 2.36. The minimum Gasteiger partial charge on any atom is -0.497 e. The highest BCUT2D eigenvalue weighted by Gasteiger charge is 2.21. The van der Waals surface area contributed by atoms with E-state index in [2.05, 4.69) is 34.5 Å². The third kappa shape index (κ3) is 7.79. The molecular weight excluding hydrogens is 436 g/mol.